The summed E-state index contributed by atoms with van der Waals surface area (Å²) in [5.74, 6) is -0.288. The standard InChI is InChI=1S/C11H14O4S/c1-9-3-5-11(6-4-9)16(13,14)15-8-7-10(2)12/h3-6H,7-8H2,1-2H3/i8D. The van der Waals surface area contributed by atoms with Gasteiger partial charge in [-0.05, 0) is 26.0 Å². The molecule has 4 nitrogen and oxygen atoms in total. The van der Waals surface area contributed by atoms with E-state index in [0.29, 0.717) is 0 Å². The number of hydrogen-bond acceptors (Lipinski definition) is 4. The fraction of sp³-hybridized carbons (Fsp3) is 0.364. The van der Waals surface area contributed by atoms with E-state index in [1.807, 2.05) is 6.92 Å². The molecule has 0 N–H and O–H groups in total. The van der Waals surface area contributed by atoms with Gasteiger partial charge in [-0.25, -0.2) is 0 Å². The Kier molecular flexibility index (Phi) is 3.69. The van der Waals surface area contributed by atoms with Crippen LogP contribution in [0.2, 0.25) is 0 Å². The lowest BCUT2D eigenvalue weighted by molar-refractivity contribution is -0.117. The summed E-state index contributed by atoms with van der Waals surface area (Å²) in [6.45, 7) is 1.72. The van der Waals surface area contributed by atoms with Crippen LogP contribution in [0.5, 0.6) is 0 Å². The molecule has 0 bridgehead atoms. The second kappa shape index (κ2) is 5.23. The van der Waals surface area contributed by atoms with E-state index in [2.05, 4.69) is 4.18 Å². The van der Waals surface area contributed by atoms with E-state index < -0.39 is 16.7 Å². The van der Waals surface area contributed by atoms with Crippen LogP contribution in [0.4, 0.5) is 0 Å². The number of rotatable bonds is 5. The molecule has 0 fully saturated rings. The molecule has 0 aliphatic rings. The number of Topliss-reactive ketones (excluding diaryl/α,β-unsaturated/α-hetero) is 1. The molecule has 0 heterocycles. The van der Waals surface area contributed by atoms with Crippen LogP contribution in [-0.2, 0) is 19.1 Å². The Balaban J connectivity index is 2.82. The molecular weight excluding hydrogens is 228 g/mol. The number of benzene rings is 1. The molecular formula is C11H14O4S. The lowest BCUT2D eigenvalue weighted by Crippen LogP contribution is -2.09. The van der Waals surface area contributed by atoms with Crippen LogP contribution in [0.3, 0.4) is 0 Å². The molecule has 0 saturated heterocycles. The van der Waals surface area contributed by atoms with Gasteiger partial charge in [-0.3, -0.25) is 8.98 Å². The quantitative estimate of drug-likeness (QED) is 0.738. The molecule has 0 saturated carbocycles. The van der Waals surface area contributed by atoms with Gasteiger partial charge in [0.1, 0.15) is 5.78 Å². The van der Waals surface area contributed by atoms with Crippen molar-refractivity contribution in [2.75, 3.05) is 6.58 Å². The van der Waals surface area contributed by atoms with E-state index in [1.165, 1.54) is 19.1 Å². The van der Waals surface area contributed by atoms with Crippen molar-refractivity contribution in [2.24, 2.45) is 0 Å². The van der Waals surface area contributed by atoms with Gasteiger partial charge < -0.3 is 0 Å². The number of carbonyl (C=O) groups excluding carboxylic acids is 1. The number of aryl methyl sites for hydroxylation is 1. The molecule has 5 heteroatoms. The summed E-state index contributed by atoms with van der Waals surface area (Å²) in [5.41, 5.74) is 0.926. The third kappa shape index (κ3) is 3.75. The molecule has 1 atom stereocenters. The third-order valence-corrected chi connectivity index (χ3v) is 3.11. The average Bonchev–Trinajstić information content (AvgIpc) is 2.15. The lowest BCUT2D eigenvalue weighted by atomic mass is 10.2. The summed E-state index contributed by atoms with van der Waals surface area (Å²) in [4.78, 5) is 10.7. The van der Waals surface area contributed by atoms with Crippen molar-refractivity contribution in [1.82, 2.24) is 0 Å². The summed E-state index contributed by atoms with van der Waals surface area (Å²) in [5, 5.41) is 0. The second-order valence-electron chi connectivity index (χ2n) is 3.44. The monoisotopic (exact) mass is 243 g/mol. The van der Waals surface area contributed by atoms with Gasteiger partial charge >= 0.3 is 0 Å². The van der Waals surface area contributed by atoms with E-state index in [0.717, 1.165) is 5.56 Å². The summed E-state index contributed by atoms with van der Waals surface area (Å²) in [6, 6.07) is 6.09. The Morgan fingerprint density at radius 2 is 1.94 bits per heavy atom. The van der Waals surface area contributed by atoms with Crippen molar-refractivity contribution >= 4 is 15.9 Å². The third-order valence-electron chi connectivity index (χ3n) is 1.88. The molecule has 16 heavy (non-hydrogen) atoms. The molecule has 0 radical (unpaired) electrons. The summed E-state index contributed by atoms with van der Waals surface area (Å²) >= 11 is 0. The zero-order chi connectivity index (χ0) is 13.1. The first-order chi connectivity index (χ1) is 7.81. The van der Waals surface area contributed by atoms with E-state index in [9.17, 15) is 13.2 Å². The van der Waals surface area contributed by atoms with Gasteiger partial charge in [0.05, 0.1) is 12.8 Å². The van der Waals surface area contributed by atoms with Crippen molar-refractivity contribution in [3.05, 3.63) is 29.8 Å². The highest BCUT2D eigenvalue weighted by Crippen LogP contribution is 2.13. The fourth-order valence-corrected chi connectivity index (χ4v) is 1.83. The molecule has 0 amide bonds. The van der Waals surface area contributed by atoms with Gasteiger partial charge in [0.15, 0.2) is 0 Å². The molecule has 1 rings (SSSR count). The summed E-state index contributed by atoms with van der Waals surface area (Å²) in [7, 11) is -3.96. The minimum atomic E-state index is -3.96. The smallest absolute Gasteiger partial charge is 0.296 e. The van der Waals surface area contributed by atoms with E-state index >= 15 is 0 Å². The van der Waals surface area contributed by atoms with Crippen molar-refractivity contribution in [2.45, 2.75) is 25.2 Å². The van der Waals surface area contributed by atoms with Crippen LogP contribution in [0.25, 0.3) is 0 Å². The van der Waals surface area contributed by atoms with Gasteiger partial charge in [0, 0.05) is 6.42 Å². The molecule has 1 unspecified atom stereocenters. The Bertz CT molecular complexity index is 493. The highest BCUT2D eigenvalue weighted by Gasteiger charge is 2.14. The first-order valence-electron chi connectivity index (χ1n) is 5.30. The van der Waals surface area contributed by atoms with Crippen LogP contribution in [0.1, 0.15) is 20.3 Å². The molecule has 1 aromatic carbocycles. The van der Waals surface area contributed by atoms with Gasteiger partial charge in [-0.1, -0.05) is 17.7 Å². The Morgan fingerprint density at radius 3 is 2.44 bits per heavy atom. The molecule has 0 aliphatic heterocycles. The SMILES string of the molecule is [2H]C(CC(C)=O)OS(=O)(=O)c1ccc(C)cc1. The topological polar surface area (TPSA) is 60.4 Å². The van der Waals surface area contributed by atoms with Crippen molar-refractivity contribution in [3.63, 3.8) is 0 Å². The zero-order valence-corrected chi connectivity index (χ0v) is 9.95. The maximum atomic E-state index is 11.7. The maximum absolute atomic E-state index is 11.7. The summed E-state index contributed by atoms with van der Waals surface area (Å²) in [6.07, 6.45) is -0.245. The molecule has 0 spiro atoms. The molecule has 88 valence electrons. The van der Waals surface area contributed by atoms with Gasteiger partial charge in [-0.15, -0.1) is 0 Å². The number of ketones is 1. The molecule has 0 aliphatic carbocycles. The molecule has 0 aromatic heterocycles. The van der Waals surface area contributed by atoms with Crippen LogP contribution < -0.4 is 0 Å². The highest BCUT2D eigenvalue weighted by molar-refractivity contribution is 7.86. The minimum Gasteiger partial charge on any atom is -0.300 e. The second-order valence-corrected chi connectivity index (χ2v) is 5.01. The number of carbonyl (C=O) groups is 1. The van der Waals surface area contributed by atoms with Crippen molar-refractivity contribution < 1.29 is 18.8 Å². The van der Waals surface area contributed by atoms with Crippen LogP contribution in [-0.4, -0.2) is 20.8 Å². The highest BCUT2D eigenvalue weighted by atomic mass is 32.2. The van der Waals surface area contributed by atoms with Gasteiger partial charge in [-0.2, -0.15) is 8.42 Å². The average molecular weight is 243 g/mol. The Labute approximate surface area is 96.8 Å². The fourth-order valence-electron chi connectivity index (χ4n) is 1.00. The van der Waals surface area contributed by atoms with E-state index in [-0.39, 0.29) is 17.1 Å². The van der Waals surface area contributed by atoms with E-state index in [4.69, 9.17) is 1.37 Å². The largest absolute Gasteiger partial charge is 0.300 e. The Hall–Kier alpha value is -1.20. The number of hydrogen-bond donors (Lipinski definition) is 0. The predicted molar refractivity (Wildman–Crippen MR) is 59.6 cm³/mol. The molecule has 1 aromatic rings. The summed E-state index contributed by atoms with van der Waals surface area (Å²) < 4.78 is 35.3. The Morgan fingerprint density at radius 1 is 1.38 bits per heavy atom. The lowest BCUT2D eigenvalue weighted by Gasteiger charge is -2.04. The minimum absolute atomic E-state index is 0.0103. The first kappa shape index (κ1) is 11.3. The van der Waals surface area contributed by atoms with Gasteiger partial charge in [0.2, 0.25) is 0 Å². The predicted octanol–water partition coefficient (Wildman–Crippen LogP) is 1.68. The van der Waals surface area contributed by atoms with Gasteiger partial charge in [0.25, 0.3) is 10.1 Å². The van der Waals surface area contributed by atoms with Crippen molar-refractivity contribution in [1.29, 1.82) is 0 Å². The van der Waals surface area contributed by atoms with Crippen LogP contribution in [0.15, 0.2) is 29.2 Å². The maximum Gasteiger partial charge on any atom is 0.296 e. The first-order valence-corrected chi connectivity index (χ1v) is 6.14. The van der Waals surface area contributed by atoms with Crippen molar-refractivity contribution in [3.8, 4) is 0 Å². The van der Waals surface area contributed by atoms with E-state index in [1.54, 1.807) is 12.1 Å². The van der Waals surface area contributed by atoms with Crippen LogP contribution >= 0.6 is 0 Å². The zero-order valence-electron chi connectivity index (χ0n) is 10.1. The van der Waals surface area contributed by atoms with Crippen LogP contribution in [0, 0.1) is 6.92 Å². The normalized spacial score (nSPS) is 14.2.